The number of halogens is 3. The van der Waals surface area contributed by atoms with Crippen LogP contribution < -0.4 is 20.1 Å². The Balaban J connectivity index is 1.63. The summed E-state index contributed by atoms with van der Waals surface area (Å²) in [6, 6.07) is 9.03. The minimum atomic E-state index is -2.69. The van der Waals surface area contributed by atoms with Crippen LogP contribution in [0.5, 0.6) is 11.6 Å². The molecule has 0 bridgehead atoms. The third kappa shape index (κ3) is 4.82. The molecule has 0 aliphatic carbocycles. The monoisotopic (exact) mass is 381 g/mol. The van der Waals surface area contributed by atoms with Crippen LogP contribution in [0, 0.1) is 5.82 Å². The first-order valence-corrected chi connectivity index (χ1v) is 8.76. The van der Waals surface area contributed by atoms with E-state index in [-0.39, 0.29) is 17.8 Å². The molecule has 27 heavy (non-hydrogen) atoms. The van der Waals surface area contributed by atoms with Crippen LogP contribution in [-0.2, 0) is 0 Å². The highest BCUT2D eigenvalue weighted by Crippen LogP contribution is 2.29. The van der Waals surface area contributed by atoms with Crippen molar-refractivity contribution in [1.29, 1.82) is 0 Å². The van der Waals surface area contributed by atoms with E-state index in [0.29, 0.717) is 19.5 Å². The van der Waals surface area contributed by atoms with Crippen LogP contribution in [0.25, 0.3) is 0 Å². The molecule has 0 spiro atoms. The summed E-state index contributed by atoms with van der Waals surface area (Å²) in [6.07, 6.45) is -0.735. The van der Waals surface area contributed by atoms with Crippen LogP contribution >= 0.6 is 0 Å². The molecule has 1 aromatic heterocycles. The van der Waals surface area contributed by atoms with E-state index < -0.39 is 24.7 Å². The van der Waals surface area contributed by atoms with Crippen molar-refractivity contribution in [2.75, 3.05) is 24.6 Å². The summed E-state index contributed by atoms with van der Waals surface area (Å²) in [7, 11) is 0. The Morgan fingerprint density at radius 2 is 2.00 bits per heavy atom. The van der Waals surface area contributed by atoms with Gasteiger partial charge in [-0.1, -0.05) is 12.1 Å². The summed E-state index contributed by atoms with van der Waals surface area (Å²) < 4.78 is 49.8. The number of ether oxygens (including phenoxy) is 2. The van der Waals surface area contributed by atoms with Crippen molar-refractivity contribution < 1.29 is 22.6 Å². The molecule has 0 saturated carbocycles. The summed E-state index contributed by atoms with van der Waals surface area (Å²) in [5.74, 6) is -0.425. The summed E-state index contributed by atoms with van der Waals surface area (Å²) in [5, 5.41) is 0. The third-order valence-corrected chi connectivity index (χ3v) is 4.38. The van der Waals surface area contributed by atoms with Crippen molar-refractivity contribution >= 4 is 5.69 Å². The van der Waals surface area contributed by atoms with Gasteiger partial charge in [-0.2, -0.15) is 4.39 Å². The Labute approximate surface area is 155 Å². The number of anilines is 1. The molecule has 1 fully saturated rings. The molecule has 8 heteroatoms. The number of nitrogens with zero attached hydrogens (tertiary/aromatic N) is 2. The molecule has 146 valence electrons. The number of rotatable bonds is 7. The van der Waals surface area contributed by atoms with Crippen LogP contribution in [0.3, 0.4) is 0 Å². The number of hydrogen-bond acceptors (Lipinski definition) is 5. The number of nitrogens with two attached hydrogens (primary N) is 1. The minimum Gasteiger partial charge on any atom is -0.489 e. The minimum absolute atomic E-state index is 0.0443. The number of alkyl halides is 2. The van der Waals surface area contributed by atoms with Crippen LogP contribution in [0.15, 0.2) is 36.5 Å². The first-order chi connectivity index (χ1) is 12.9. The van der Waals surface area contributed by atoms with Crippen LogP contribution in [-0.4, -0.2) is 37.2 Å². The van der Waals surface area contributed by atoms with Crippen molar-refractivity contribution in [1.82, 2.24) is 4.98 Å². The van der Waals surface area contributed by atoms with Gasteiger partial charge in [-0.15, -0.1) is 0 Å². The molecule has 1 aliphatic rings. The Bertz CT molecular complexity index is 756. The van der Waals surface area contributed by atoms with E-state index in [1.54, 1.807) is 4.90 Å². The lowest BCUT2D eigenvalue weighted by Gasteiger charge is -2.20. The lowest BCUT2D eigenvalue weighted by molar-refractivity contribution is 0.0774. The lowest BCUT2D eigenvalue weighted by Crippen LogP contribution is -2.25. The third-order valence-electron chi connectivity index (χ3n) is 4.38. The van der Waals surface area contributed by atoms with Gasteiger partial charge in [-0.05, 0) is 30.7 Å². The SMILES string of the molecule is C[C@H](N)c1ccc(O[C@@H]2CCN(c3ccnc(OCC(F)F)c3F)C2)cc1. The Hall–Kier alpha value is -2.48. The van der Waals surface area contributed by atoms with Gasteiger partial charge in [0.1, 0.15) is 11.9 Å². The van der Waals surface area contributed by atoms with Gasteiger partial charge < -0.3 is 20.1 Å². The molecule has 2 heterocycles. The maximum atomic E-state index is 14.5. The van der Waals surface area contributed by atoms with Gasteiger partial charge in [0.25, 0.3) is 12.3 Å². The number of pyridine rings is 1. The molecule has 2 atom stereocenters. The largest absolute Gasteiger partial charge is 0.489 e. The molecule has 0 amide bonds. The van der Waals surface area contributed by atoms with Gasteiger partial charge in [0.2, 0.25) is 5.82 Å². The first kappa shape index (κ1) is 19.3. The van der Waals surface area contributed by atoms with E-state index in [1.807, 2.05) is 31.2 Å². The second kappa shape index (κ2) is 8.47. The number of hydrogen-bond donors (Lipinski definition) is 1. The Kier molecular flexibility index (Phi) is 6.05. The molecule has 3 rings (SSSR count). The topological polar surface area (TPSA) is 60.6 Å². The molecule has 1 aromatic carbocycles. The van der Waals surface area contributed by atoms with E-state index in [2.05, 4.69) is 4.98 Å². The fraction of sp³-hybridized carbons (Fsp3) is 0.421. The molecular weight excluding hydrogens is 359 g/mol. The standard InChI is InChI=1S/C19H22F3N3O2/c1-12(23)13-2-4-14(5-3-13)27-15-7-9-25(10-15)16-6-8-24-19(18(16)22)26-11-17(20)21/h2-6,8,12,15,17H,7,9-11,23H2,1H3/t12-,15+/m0/s1. The molecule has 2 N–H and O–H groups in total. The van der Waals surface area contributed by atoms with E-state index in [9.17, 15) is 13.2 Å². The zero-order valence-corrected chi connectivity index (χ0v) is 14.9. The fourth-order valence-electron chi connectivity index (χ4n) is 2.99. The smallest absolute Gasteiger partial charge is 0.272 e. The van der Waals surface area contributed by atoms with Gasteiger partial charge in [-0.25, -0.2) is 13.8 Å². The van der Waals surface area contributed by atoms with Crippen LogP contribution in [0.2, 0.25) is 0 Å². The van der Waals surface area contributed by atoms with Crippen molar-refractivity contribution in [3.8, 4) is 11.6 Å². The zero-order chi connectivity index (χ0) is 19.4. The van der Waals surface area contributed by atoms with E-state index in [4.69, 9.17) is 15.2 Å². The van der Waals surface area contributed by atoms with E-state index in [0.717, 1.165) is 11.3 Å². The van der Waals surface area contributed by atoms with E-state index in [1.165, 1.54) is 12.3 Å². The quantitative estimate of drug-likeness (QED) is 0.795. The van der Waals surface area contributed by atoms with Gasteiger partial charge >= 0.3 is 0 Å². The molecule has 0 unspecified atom stereocenters. The highest BCUT2D eigenvalue weighted by molar-refractivity contribution is 5.51. The fourth-order valence-corrected chi connectivity index (χ4v) is 2.99. The van der Waals surface area contributed by atoms with Crippen molar-refractivity contribution in [3.63, 3.8) is 0 Å². The number of aromatic nitrogens is 1. The second-order valence-electron chi connectivity index (χ2n) is 6.48. The predicted octanol–water partition coefficient (Wildman–Crippen LogP) is 3.54. The van der Waals surface area contributed by atoms with Gasteiger partial charge in [0.15, 0.2) is 6.61 Å². The summed E-state index contributed by atoms with van der Waals surface area (Å²) in [5.41, 5.74) is 7.12. The van der Waals surface area contributed by atoms with E-state index >= 15 is 0 Å². The highest BCUT2D eigenvalue weighted by Gasteiger charge is 2.27. The molecule has 1 saturated heterocycles. The van der Waals surface area contributed by atoms with Crippen LogP contribution in [0.4, 0.5) is 18.9 Å². The molecule has 1 aliphatic heterocycles. The van der Waals surface area contributed by atoms with Crippen LogP contribution in [0.1, 0.15) is 24.9 Å². The predicted molar refractivity (Wildman–Crippen MR) is 96.0 cm³/mol. The number of benzene rings is 1. The average Bonchev–Trinajstić information content (AvgIpc) is 3.09. The van der Waals surface area contributed by atoms with Gasteiger partial charge in [-0.3, -0.25) is 0 Å². The van der Waals surface area contributed by atoms with Gasteiger partial charge in [0.05, 0.1) is 12.2 Å². The summed E-state index contributed by atoms with van der Waals surface area (Å²) in [6.45, 7) is 2.08. The molecular formula is C19H22F3N3O2. The molecule has 0 radical (unpaired) electrons. The zero-order valence-electron chi connectivity index (χ0n) is 14.9. The van der Waals surface area contributed by atoms with Crippen molar-refractivity contribution in [3.05, 3.63) is 47.9 Å². The normalized spacial score (nSPS) is 18.0. The highest BCUT2D eigenvalue weighted by atomic mass is 19.3. The van der Waals surface area contributed by atoms with Crippen molar-refractivity contribution in [2.45, 2.75) is 31.9 Å². The molecule has 2 aromatic rings. The second-order valence-corrected chi connectivity index (χ2v) is 6.48. The van der Waals surface area contributed by atoms with Crippen molar-refractivity contribution in [2.24, 2.45) is 5.73 Å². The Morgan fingerprint density at radius 3 is 2.67 bits per heavy atom. The summed E-state index contributed by atoms with van der Waals surface area (Å²) >= 11 is 0. The molecule has 5 nitrogen and oxygen atoms in total. The van der Waals surface area contributed by atoms with Gasteiger partial charge in [0, 0.05) is 25.2 Å². The Morgan fingerprint density at radius 1 is 1.26 bits per heavy atom. The lowest BCUT2D eigenvalue weighted by atomic mass is 10.1. The maximum absolute atomic E-state index is 14.5. The summed E-state index contributed by atoms with van der Waals surface area (Å²) in [4.78, 5) is 5.49. The maximum Gasteiger partial charge on any atom is 0.272 e. The average molecular weight is 381 g/mol. The first-order valence-electron chi connectivity index (χ1n) is 8.76.